The Labute approximate surface area is 144 Å². The average Bonchev–Trinajstić information content (AvgIpc) is 2.57. The predicted octanol–water partition coefficient (Wildman–Crippen LogP) is 1.95. The number of ether oxygens (including phenoxy) is 2. The van der Waals surface area contributed by atoms with Crippen molar-refractivity contribution in [3.05, 3.63) is 29.8 Å². The van der Waals surface area contributed by atoms with Gasteiger partial charge in [-0.1, -0.05) is 18.2 Å². The highest BCUT2D eigenvalue weighted by molar-refractivity contribution is 5.74. The lowest BCUT2D eigenvalue weighted by atomic mass is 10.1. The highest BCUT2D eigenvalue weighted by atomic mass is 16.5. The predicted molar refractivity (Wildman–Crippen MR) is 94.3 cm³/mol. The SMILES string of the molecule is COCCNC(=O)N1CCN(Cc2ccccc2OC(C)C)CC1. The second-order valence-electron chi connectivity index (χ2n) is 6.26. The van der Waals surface area contributed by atoms with Crippen LogP contribution in [0.25, 0.3) is 0 Å². The second-order valence-corrected chi connectivity index (χ2v) is 6.26. The minimum atomic E-state index is -0.00441. The summed E-state index contributed by atoms with van der Waals surface area (Å²) in [6.45, 7) is 9.24. The number of rotatable bonds is 7. The molecule has 1 heterocycles. The molecule has 134 valence electrons. The number of hydrogen-bond donors (Lipinski definition) is 1. The Kier molecular flexibility index (Phi) is 7.34. The third-order valence-corrected chi connectivity index (χ3v) is 3.97. The number of nitrogens with zero attached hydrogens (tertiary/aromatic N) is 2. The molecule has 0 aromatic heterocycles. The fourth-order valence-electron chi connectivity index (χ4n) is 2.73. The van der Waals surface area contributed by atoms with E-state index in [0.717, 1.165) is 38.5 Å². The maximum absolute atomic E-state index is 12.0. The zero-order valence-electron chi connectivity index (χ0n) is 15.0. The van der Waals surface area contributed by atoms with Gasteiger partial charge in [0, 0.05) is 51.9 Å². The van der Waals surface area contributed by atoms with Crippen molar-refractivity contribution in [1.82, 2.24) is 15.1 Å². The maximum Gasteiger partial charge on any atom is 0.317 e. The summed E-state index contributed by atoms with van der Waals surface area (Å²) in [5.74, 6) is 0.951. The summed E-state index contributed by atoms with van der Waals surface area (Å²) < 4.78 is 10.8. The molecule has 0 spiro atoms. The normalized spacial score (nSPS) is 15.6. The fourth-order valence-corrected chi connectivity index (χ4v) is 2.73. The first-order chi connectivity index (χ1) is 11.6. The summed E-state index contributed by atoms with van der Waals surface area (Å²) in [5, 5.41) is 2.87. The van der Waals surface area contributed by atoms with E-state index >= 15 is 0 Å². The van der Waals surface area contributed by atoms with Crippen molar-refractivity contribution >= 4 is 6.03 Å². The van der Waals surface area contributed by atoms with E-state index in [-0.39, 0.29) is 12.1 Å². The second kappa shape index (κ2) is 9.49. The number of para-hydroxylation sites is 1. The average molecular weight is 335 g/mol. The Hall–Kier alpha value is -1.79. The van der Waals surface area contributed by atoms with Gasteiger partial charge in [0.25, 0.3) is 0 Å². The summed E-state index contributed by atoms with van der Waals surface area (Å²) in [4.78, 5) is 16.3. The van der Waals surface area contributed by atoms with E-state index in [1.807, 2.05) is 36.9 Å². The molecular weight excluding hydrogens is 306 g/mol. The number of hydrogen-bond acceptors (Lipinski definition) is 4. The Balaban J connectivity index is 1.82. The molecule has 0 unspecified atom stereocenters. The van der Waals surface area contributed by atoms with Gasteiger partial charge in [0.15, 0.2) is 0 Å². The molecular formula is C18H29N3O3. The number of nitrogens with one attached hydrogen (secondary N) is 1. The van der Waals surface area contributed by atoms with Gasteiger partial charge in [0.05, 0.1) is 12.7 Å². The minimum Gasteiger partial charge on any atom is -0.491 e. The number of carbonyl (C=O) groups is 1. The van der Waals surface area contributed by atoms with Crippen molar-refractivity contribution in [3.8, 4) is 5.75 Å². The molecule has 1 aliphatic rings. The van der Waals surface area contributed by atoms with Crippen LogP contribution >= 0.6 is 0 Å². The molecule has 6 heteroatoms. The molecule has 1 saturated heterocycles. The van der Waals surface area contributed by atoms with Crippen LogP contribution in [0.15, 0.2) is 24.3 Å². The van der Waals surface area contributed by atoms with Crippen molar-refractivity contribution in [2.45, 2.75) is 26.5 Å². The van der Waals surface area contributed by atoms with E-state index < -0.39 is 0 Å². The van der Waals surface area contributed by atoms with Crippen LogP contribution in [0.4, 0.5) is 4.79 Å². The molecule has 1 fully saturated rings. The van der Waals surface area contributed by atoms with Crippen molar-refractivity contribution in [2.24, 2.45) is 0 Å². The van der Waals surface area contributed by atoms with Crippen molar-refractivity contribution in [1.29, 1.82) is 0 Å². The first-order valence-electron chi connectivity index (χ1n) is 8.58. The van der Waals surface area contributed by atoms with Gasteiger partial charge < -0.3 is 19.7 Å². The van der Waals surface area contributed by atoms with Gasteiger partial charge in [-0.2, -0.15) is 0 Å². The molecule has 2 rings (SSSR count). The number of urea groups is 1. The largest absolute Gasteiger partial charge is 0.491 e. The van der Waals surface area contributed by atoms with Crippen LogP contribution in [0.3, 0.4) is 0 Å². The van der Waals surface area contributed by atoms with Crippen LogP contribution in [0.1, 0.15) is 19.4 Å². The van der Waals surface area contributed by atoms with Gasteiger partial charge in [-0.05, 0) is 19.9 Å². The standard InChI is InChI=1S/C18H29N3O3/c1-15(2)24-17-7-5-4-6-16(17)14-20-9-11-21(12-10-20)18(22)19-8-13-23-3/h4-7,15H,8-14H2,1-3H3,(H,19,22). The van der Waals surface area contributed by atoms with E-state index in [2.05, 4.69) is 16.3 Å². The maximum atomic E-state index is 12.0. The molecule has 1 aromatic rings. The van der Waals surface area contributed by atoms with E-state index in [1.54, 1.807) is 7.11 Å². The lowest BCUT2D eigenvalue weighted by Gasteiger charge is -2.35. The summed E-state index contributed by atoms with van der Waals surface area (Å²) in [5.41, 5.74) is 1.20. The number of amides is 2. The fraction of sp³-hybridized carbons (Fsp3) is 0.611. The van der Waals surface area contributed by atoms with Gasteiger partial charge in [-0.15, -0.1) is 0 Å². The van der Waals surface area contributed by atoms with E-state index in [4.69, 9.17) is 9.47 Å². The molecule has 1 N–H and O–H groups in total. The molecule has 24 heavy (non-hydrogen) atoms. The Morgan fingerprint density at radius 2 is 1.92 bits per heavy atom. The summed E-state index contributed by atoms with van der Waals surface area (Å²) in [7, 11) is 1.63. The Bertz CT molecular complexity index is 514. The highest BCUT2D eigenvalue weighted by Crippen LogP contribution is 2.21. The number of carbonyl (C=O) groups excluding carboxylic acids is 1. The lowest BCUT2D eigenvalue weighted by Crippen LogP contribution is -2.51. The molecule has 0 atom stereocenters. The molecule has 1 aliphatic heterocycles. The third-order valence-electron chi connectivity index (χ3n) is 3.97. The first-order valence-corrected chi connectivity index (χ1v) is 8.58. The van der Waals surface area contributed by atoms with Gasteiger partial charge in [-0.3, -0.25) is 4.90 Å². The van der Waals surface area contributed by atoms with E-state index in [9.17, 15) is 4.79 Å². The number of methoxy groups -OCH3 is 1. The lowest BCUT2D eigenvalue weighted by molar-refractivity contribution is 0.130. The molecule has 0 radical (unpaired) electrons. The minimum absolute atomic E-state index is 0.00441. The smallest absolute Gasteiger partial charge is 0.317 e. The van der Waals surface area contributed by atoms with Crippen LogP contribution in [-0.4, -0.2) is 68.4 Å². The quantitative estimate of drug-likeness (QED) is 0.774. The molecule has 0 aliphatic carbocycles. The monoisotopic (exact) mass is 335 g/mol. The van der Waals surface area contributed by atoms with E-state index in [1.165, 1.54) is 5.56 Å². The van der Waals surface area contributed by atoms with Gasteiger partial charge in [0.2, 0.25) is 0 Å². The number of benzene rings is 1. The van der Waals surface area contributed by atoms with Crippen LogP contribution < -0.4 is 10.1 Å². The Morgan fingerprint density at radius 1 is 1.21 bits per heavy atom. The van der Waals surface area contributed by atoms with Crippen LogP contribution in [-0.2, 0) is 11.3 Å². The van der Waals surface area contributed by atoms with Gasteiger partial charge >= 0.3 is 6.03 Å². The van der Waals surface area contributed by atoms with Crippen LogP contribution in [0, 0.1) is 0 Å². The molecule has 6 nitrogen and oxygen atoms in total. The molecule has 2 amide bonds. The zero-order valence-corrected chi connectivity index (χ0v) is 15.0. The molecule has 1 aromatic carbocycles. The summed E-state index contributed by atoms with van der Waals surface area (Å²) >= 11 is 0. The van der Waals surface area contributed by atoms with Crippen molar-refractivity contribution in [2.75, 3.05) is 46.4 Å². The molecule has 0 saturated carbocycles. The van der Waals surface area contributed by atoms with Crippen molar-refractivity contribution < 1.29 is 14.3 Å². The summed E-state index contributed by atoms with van der Waals surface area (Å²) in [6.07, 6.45) is 0.166. The van der Waals surface area contributed by atoms with Crippen LogP contribution in [0.5, 0.6) is 5.75 Å². The Morgan fingerprint density at radius 3 is 2.58 bits per heavy atom. The summed E-state index contributed by atoms with van der Waals surface area (Å²) in [6, 6.07) is 8.18. The van der Waals surface area contributed by atoms with Crippen molar-refractivity contribution in [3.63, 3.8) is 0 Å². The zero-order chi connectivity index (χ0) is 17.4. The topological polar surface area (TPSA) is 54.0 Å². The first kappa shape index (κ1) is 18.5. The number of piperazine rings is 1. The van der Waals surface area contributed by atoms with Gasteiger partial charge in [-0.25, -0.2) is 4.79 Å². The van der Waals surface area contributed by atoms with E-state index in [0.29, 0.717) is 13.2 Å². The van der Waals surface area contributed by atoms with Gasteiger partial charge in [0.1, 0.15) is 5.75 Å². The molecule has 0 bridgehead atoms. The highest BCUT2D eigenvalue weighted by Gasteiger charge is 2.21. The third kappa shape index (κ3) is 5.69. The van der Waals surface area contributed by atoms with Crippen LogP contribution in [0.2, 0.25) is 0 Å².